The molecule has 11 nitrogen and oxygen atoms in total. The number of hydrogen-bond donors (Lipinski definition) is 2. The van der Waals surface area contributed by atoms with Crippen LogP contribution in [-0.4, -0.2) is 40.0 Å². The van der Waals surface area contributed by atoms with Crippen molar-refractivity contribution < 1.29 is 19.5 Å². The Morgan fingerprint density at radius 2 is 1.87 bits per heavy atom. The van der Waals surface area contributed by atoms with Crippen LogP contribution in [0.1, 0.15) is 5.56 Å². The van der Waals surface area contributed by atoms with Crippen LogP contribution in [0, 0.1) is 10.1 Å². The molecule has 12 heteroatoms. The molecule has 3 aromatic rings. The van der Waals surface area contributed by atoms with Crippen LogP contribution in [0.2, 0.25) is 5.02 Å². The first-order valence-corrected chi connectivity index (χ1v) is 8.93. The molecule has 3 rings (SSSR count). The smallest absolute Gasteiger partial charge is 0.335 e. The molecule has 0 bridgehead atoms. The van der Waals surface area contributed by atoms with Gasteiger partial charge in [0.1, 0.15) is 22.0 Å². The number of nitro benzene ring substituents is 1. The SMILES string of the molecule is COc1ccc(-n2c(O)c(C=Nc3cc(Cl)c([N+](=O)[O-])cc3OC)c(=O)[nH]c2=O)cc1. The number of rotatable bonds is 6. The van der Waals surface area contributed by atoms with Gasteiger partial charge in [0.25, 0.3) is 11.2 Å². The molecule has 0 saturated carbocycles. The summed E-state index contributed by atoms with van der Waals surface area (Å²) in [5, 5.41) is 21.4. The summed E-state index contributed by atoms with van der Waals surface area (Å²) in [5.74, 6) is -0.106. The molecule has 0 saturated heterocycles. The lowest BCUT2D eigenvalue weighted by Crippen LogP contribution is -2.31. The highest BCUT2D eigenvalue weighted by molar-refractivity contribution is 6.33. The number of aromatic hydroxyl groups is 1. The third kappa shape index (κ3) is 4.26. The maximum absolute atomic E-state index is 12.3. The molecule has 160 valence electrons. The van der Waals surface area contributed by atoms with Crippen molar-refractivity contribution in [2.45, 2.75) is 0 Å². The number of aromatic nitrogens is 2. The van der Waals surface area contributed by atoms with Crippen LogP contribution in [0.15, 0.2) is 51.0 Å². The number of H-pyrrole nitrogens is 1. The number of nitro groups is 1. The Balaban J connectivity index is 2.11. The molecule has 2 N–H and O–H groups in total. The molecule has 0 amide bonds. The van der Waals surface area contributed by atoms with Gasteiger partial charge in [-0.25, -0.2) is 9.36 Å². The van der Waals surface area contributed by atoms with Crippen LogP contribution in [0.5, 0.6) is 17.4 Å². The van der Waals surface area contributed by atoms with Crippen LogP contribution >= 0.6 is 11.6 Å². The number of nitrogens with zero attached hydrogens (tertiary/aromatic N) is 3. The van der Waals surface area contributed by atoms with Gasteiger partial charge >= 0.3 is 5.69 Å². The normalized spacial score (nSPS) is 10.9. The number of hydrogen-bond acceptors (Lipinski definition) is 8. The lowest BCUT2D eigenvalue weighted by Gasteiger charge is -2.10. The van der Waals surface area contributed by atoms with Crippen molar-refractivity contribution in [2.24, 2.45) is 4.99 Å². The van der Waals surface area contributed by atoms with Gasteiger partial charge in [0.2, 0.25) is 5.88 Å². The van der Waals surface area contributed by atoms with Crippen LogP contribution < -0.4 is 20.7 Å². The predicted octanol–water partition coefficient (Wildman–Crippen LogP) is 2.56. The zero-order chi connectivity index (χ0) is 22.7. The average Bonchev–Trinajstić information content (AvgIpc) is 2.73. The number of aliphatic imine (C=N–C) groups is 1. The molecule has 1 aromatic heterocycles. The van der Waals surface area contributed by atoms with E-state index in [1.54, 1.807) is 12.1 Å². The number of ether oxygens (including phenoxy) is 2. The van der Waals surface area contributed by atoms with Gasteiger partial charge < -0.3 is 14.6 Å². The van der Waals surface area contributed by atoms with Gasteiger partial charge in [-0.1, -0.05) is 11.6 Å². The van der Waals surface area contributed by atoms with Gasteiger partial charge in [-0.15, -0.1) is 0 Å². The Kier molecular flexibility index (Phi) is 6.07. The van der Waals surface area contributed by atoms with Crippen molar-refractivity contribution in [3.63, 3.8) is 0 Å². The lowest BCUT2D eigenvalue weighted by atomic mass is 10.2. The van der Waals surface area contributed by atoms with E-state index in [-0.39, 0.29) is 33.4 Å². The fraction of sp³-hybridized carbons (Fsp3) is 0.105. The number of benzene rings is 2. The van der Waals surface area contributed by atoms with E-state index < -0.39 is 22.1 Å². The summed E-state index contributed by atoms with van der Waals surface area (Å²) < 4.78 is 11.0. The van der Waals surface area contributed by atoms with E-state index >= 15 is 0 Å². The van der Waals surface area contributed by atoms with Crippen molar-refractivity contribution in [1.82, 2.24) is 9.55 Å². The fourth-order valence-electron chi connectivity index (χ4n) is 2.70. The van der Waals surface area contributed by atoms with Gasteiger partial charge in [0, 0.05) is 6.21 Å². The maximum Gasteiger partial charge on any atom is 0.335 e. The molecule has 0 unspecified atom stereocenters. The third-order valence-corrected chi connectivity index (χ3v) is 4.53. The minimum atomic E-state index is -0.886. The Morgan fingerprint density at radius 3 is 2.45 bits per heavy atom. The maximum atomic E-state index is 12.3. The summed E-state index contributed by atoms with van der Waals surface area (Å²) >= 11 is 5.90. The van der Waals surface area contributed by atoms with E-state index in [4.69, 9.17) is 21.1 Å². The lowest BCUT2D eigenvalue weighted by molar-refractivity contribution is -0.384. The molecular formula is C19H15ClN4O7. The number of halogens is 1. The van der Waals surface area contributed by atoms with E-state index in [2.05, 4.69) is 9.98 Å². The molecule has 0 radical (unpaired) electrons. The van der Waals surface area contributed by atoms with Gasteiger partial charge in [-0.3, -0.25) is 24.9 Å². The molecule has 31 heavy (non-hydrogen) atoms. The molecule has 0 aliphatic heterocycles. The van der Waals surface area contributed by atoms with Gasteiger partial charge in [0.05, 0.1) is 30.9 Å². The minimum Gasteiger partial charge on any atom is -0.497 e. The van der Waals surface area contributed by atoms with E-state index in [9.17, 15) is 24.8 Å². The molecule has 0 aliphatic rings. The zero-order valence-electron chi connectivity index (χ0n) is 16.2. The molecule has 0 spiro atoms. The molecule has 1 heterocycles. The zero-order valence-corrected chi connectivity index (χ0v) is 16.9. The van der Waals surface area contributed by atoms with Crippen molar-refractivity contribution in [2.75, 3.05) is 14.2 Å². The van der Waals surface area contributed by atoms with E-state index in [0.717, 1.165) is 16.8 Å². The molecule has 0 aliphatic carbocycles. The topological polar surface area (TPSA) is 149 Å². The summed E-state index contributed by atoms with van der Waals surface area (Å²) in [5.41, 5.74) is -2.12. The third-order valence-electron chi connectivity index (χ3n) is 4.23. The Hall–Kier alpha value is -4.12. The predicted molar refractivity (Wildman–Crippen MR) is 113 cm³/mol. The first-order valence-electron chi connectivity index (χ1n) is 8.55. The summed E-state index contributed by atoms with van der Waals surface area (Å²) in [6, 6.07) is 8.43. The van der Waals surface area contributed by atoms with Crippen molar-refractivity contribution in [3.8, 4) is 23.1 Å². The number of methoxy groups -OCH3 is 2. The number of aromatic amines is 1. The van der Waals surface area contributed by atoms with Gasteiger partial charge in [-0.2, -0.15) is 0 Å². The largest absolute Gasteiger partial charge is 0.497 e. The Bertz CT molecular complexity index is 1300. The highest BCUT2D eigenvalue weighted by Gasteiger charge is 2.18. The second-order valence-electron chi connectivity index (χ2n) is 6.02. The summed E-state index contributed by atoms with van der Waals surface area (Å²) in [7, 11) is 2.76. The quantitative estimate of drug-likeness (QED) is 0.335. The summed E-state index contributed by atoms with van der Waals surface area (Å²) in [6.07, 6.45) is 0.994. The highest BCUT2D eigenvalue weighted by atomic mass is 35.5. The van der Waals surface area contributed by atoms with E-state index in [1.807, 2.05) is 0 Å². The van der Waals surface area contributed by atoms with Crippen LogP contribution in [-0.2, 0) is 0 Å². The first-order chi connectivity index (χ1) is 14.8. The average molecular weight is 447 g/mol. The van der Waals surface area contributed by atoms with Crippen LogP contribution in [0.4, 0.5) is 11.4 Å². The molecule has 2 aromatic carbocycles. The van der Waals surface area contributed by atoms with Crippen LogP contribution in [0.25, 0.3) is 5.69 Å². The molecule has 0 fully saturated rings. The second kappa shape index (κ2) is 8.71. The Morgan fingerprint density at radius 1 is 1.19 bits per heavy atom. The van der Waals surface area contributed by atoms with E-state index in [1.165, 1.54) is 32.4 Å². The minimum absolute atomic E-state index is 0.0201. The summed E-state index contributed by atoms with van der Waals surface area (Å²) in [4.78, 5) is 41.0. The van der Waals surface area contributed by atoms with Gasteiger partial charge in [-0.05, 0) is 30.3 Å². The Labute approximate surface area is 178 Å². The summed E-state index contributed by atoms with van der Waals surface area (Å²) in [6.45, 7) is 0. The molecule has 0 atom stereocenters. The van der Waals surface area contributed by atoms with Crippen LogP contribution in [0.3, 0.4) is 0 Å². The first kappa shape index (κ1) is 21.6. The van der Waals surface area contributed by atoms with Crippen molar-refractivity contribution >= 4 is 29.2 Å². The van der Waals surface area contributed by atoms with Crippen molar-refractivity contribution in [1.29, 1.82) is 0 Å². The standard InChI is InChI=1S/C19H15ClN4O7/c1-30-11-5-3-10(4-6-11)23-18(26)12(17(25)22-19(23)27)9-21-14-7-13(20)15(24(28)29)8-16(14)31-2/h3-9,26H,1-2H3,(H,22,25,27). The van der Waals surface area contributed by atoms with E-state index in [0.29, 0.717) is 5.75 Å². The monoisotopic (exact) mass is 446 g/mol. The highest BCUT2D eigenvalue weighted by Crippen LogP contribution is 2.37. The van der Waals surface area contributed by atoms with Gasteiger partial charge in [0.15, 0.2) is 5.75 Å². The number of nitrogens with one attached hydrogen (secondary N) is 1. The molecular weight excluding hydrogens is 432 g/mol. The second-order valence-corrected chi connectivity index (χ2v) is 6.43. The van der Waals surface area contributed by atoms with Crippen molar-refractivity contribution in [3.05, 3.63) is 77.9 Å². The fourth-order valence-corrected chi connectivity index (χ4v) is 2.92.